The lowest BCUT2D eigenvalue weighted by atomic mass is 10.1. The molecular formula is C21H27N3O2. The van der Waals surface area contributed by atoms with Crippen molar-refractivity contribution in [1.82, 2.24) is 10.2 Å². The molecule has 5 nitrogen and oxygen atoms in total. The summed E-state index contributed by atoms with van der Waals surface area (Å²) >= 11 is 0. The smallest absolute Gasteiger partial charge is 0.251 e. The van der Waals surface area contributed by atoms with Crippen molar-refractivity contribution in [2.24, 2.45) is 0 Å². The predicted octanol–water partition coefficient (Wildman–Crippen LogP) is 2.38. The van der Waals surface area contributed by atoms with Crippen molar-refractivity contribution in [2.45, 2.75) is 12.6 Å². The fraction of sp³-hybridized carbons (Fsp3) is 0.381. The van der Waals surface area contributed by atoms with Gasteiger partial charge in [-0.3, -0.25) is 9.69 Å². The van der Waals surface area contributed by atoms with Crippen LogP contribution in [-0.4, -0.2) is 57.2 Å². The fourth-order valence-electron chi connectivity index (χ4n) is 3.11. The summed E-state index contributed by atoms with van der Waals surface area (Å²) in [7, 11) is 3.97. The van der Waals surface area contributed by atoms with E-state index in [-0.39, 0.29) is 12.0 Å². The van der Waals surface area contributed by atoms with Crippen LogP contribution >= 0.6 is 0 Å². The number of hydrogen-bond acceptors (Lipinski definition) is 4. The van der Waals surface area contributed by atoms with Crippen molar-refractivity contribution in [3.8, 4) is 0 Å². The zero-order chi connectivity index (χ0) is 18.4. The number of nitrogens with zero attached hydrogens (tertiary/aromatic N) is 2. The third kappa shape index (κ3) is 5.07. The van der Waals surface area contributed by atoms with Gasteiger partial charge in [0.15, 0.2) is 0 Å². The molecule has 5 heteroatoms. The van der Waals surface area contributed by atoms with Crippen molar-refractivity contribution in [3.05, 3.63) is 65.7 Å². The summed E-state index contributed by atoms with van der Waals surface area (Å²) in [5, 5.41) is 3.00. The molecule has 1 saturated heterocycles. The number of amides is 1. The number of nitrogens with one attached hydrogen (secondary N) is 1. The number of carbonyl (C=O) groups excluding carboxylic acids is 1. The first-order valence-corrected chi connectivity index (χ1v) is 9.05. The number of anilines is 1. The van der Waals surface area contributed by atoms with Crippen LogP contribution in [0.15, 0.2) is 54.6 Å². The summed E-state index contributed by atoms with van der Waals surface area (Å²) < 4.78 is 5.82. The lowest BCUT2D eigenvalue weighted by Gasteiger charge is -2.33. The Labute approximate surface area is 155 Å². The largest absolute Gasteiger partial charge is 0.378 e. The van der Waals surface area contributed by atoms with Gasteiger partial charge in [0.25, 0.3) is 5.91 Å². The Morgan fingerprint density at radius 3 is 2.58 bits per heavy atom. The second kappa shape index (κ2) is 8.83. The van der Waals surface area contributed by atoms with Crippen LogP contribution in [0.2, 0.25) is 0 Å². The van der Waals surface area contributed by atoms with E-state index in [1.165, 1.54) is 5.56 Å². The molecule has 138 valence electrons. The van der Waals surface area contributed by atoms with Crippen molar-refractivity contribution in [2.75, 3.05) is 45.2 Å². The highest BCUT2D eigenvalue weighted by atomic mass is 16.5. The zero-order valence-corrected chi connectivity index (χ0v) is 15.5. The third-order valence-corrected chi connectivity index (χ3v) is 4.61. The van der Waals surface area contributed by atoms with Crippen LogP contribution in [0.25, 0.3) is 0 Å². The van der Waals surface area contributed by atoms with Crippen LogP contribution in [-0.2, 0) is 11.3 Å². The van der Waals surface area contributed by atoms with E-state index in [0.29, 0.717) is 18.7 Å². The molecule has 1 heterocycles. The van der Waals surface area contributed by atoms with Gasteiger partial charge in [-0.15, -0.1) is 0 Å². The number of rotatable bonds is 6. The molecule has 1 amide bonds. The normalized spacial score (nSPS) is 17.7. The molecule has 1 aliphatic rings. The van der Waals surface area contributed by atoms with Crippen LogP contribution in [0.1, 0.15) is 15.9 Å². The maximum Gasteiger partial charge on any atom is 0.251 e. The van der Waals surface area contributed by atoms with E-state index >= 15 is 0 Å². The summed E-state index contributed by atoms with van der Waals surface area (Å²) in [6.07, 6.45) is 0.0254. The van der Waals surface area contributed by atoms with Crippen molar-refractivity contribution < 1.29 is 9.53 Å². The Kier molecular flexibility index (Phi) is 6.26. The highest BCUT2D eigenvalue weighted by Crippen LogP contribution is 2.13. The summed E-state index contributed by atoms with van der Waals surface area (Å²) in [6.45, 7) is 3.89. The maximum atomic E-state index is 12.3. The second-order valence-corrected chi connectivity index (χ2v) is 6.86. The quantitative estimate of drug-likeness (QED) is 0.866. The Bertz CT molecular complexity index is 701. The molecule has 1 atom stereocenters. The zero-order valence-electron chi connectivity index (χ0n) is 15.5. The van der Waals surface area contributed by atoms with E-state index < -0.39 is 0 Å². The van der Waals surface area contributed by atoms with Gasteiger partial charge in [-0.05, 0) is 29.8 Å². The van der Waals surface area contributed by atoms with E-state index in [9.17, 15) is 4.79 Å². The highest BCUT2D eigenvalue weighted by Gasteiger charge is 2.21. The average Bonchev–Trinajstić information content (AvgIpc) is 2.67. The molecule has 0 radical (unpaired) electrons. The maximum absolute atomic E-state index is 12.3. The van der Waals surface area contributed by atoms with Crippen LogP contribution < -0.4 is 10.2 Å². The van der Waals surface area contributed by atoms with Crippen LogP contribution in [0.3, 0.4) is 0 Å². The summed E-state index contributed by atoms with van der Waals surface area (Å²) in [5.74, 6) is -0.0564. The van der Waals surface area contributed by atoms with Gasteiger partial charge in [-0.1, -0.05) is 30.3 Å². The predicted molar refractivity (Wildman–Crippen MR) is 105 cm³/mol. The van der Waals surface area contributed by atoms with Gasteiger partial charge in [0.05, 0.1) is 12.7 Å². The number of hydrogen-bond donors (Lipinski definition) is 1. The number of benzene rings is 2. The molecule has 2 aromatic rings. The topological polar surface area (TPSA) is 44.8 Å². The van der Waals surface area contributed by atoms with Gasteiger partial charge in [-0.25, -0.2) is 0 Å². The molecule has 0 spiro atoms. The fourth-order valence-corrected chi connectivity index (χ4v) is 3.11. The number of carbonyl (C=O) groups is 1. The van der Waals surface area contributed by atoms with E-state index in [1.54, 1.807) is 0 Å². The molecule has 2 aromatic carbocycles. The molecular weight excluding hydrogens is 326 g/mol. The van der Waals surface area contributed by atoms with Gasteiger partial charge in [0.2, 0.25) is 0 Å². The first-order chi connectivity index (χ1) is 12.6. The average molecular weight is 353 g/mol. The minimum Gasteiger partial charge on any atom is -0.378 e. The summed E-state index contributed by atoms with van der Waals surface area (Å²) in [6, 6.07) is 18.1. The first kappa shape index (κ1) is 18.4. The molecule has 3 rings (SSSR count). The monoisotopic (exact) mass is 353 g/mol. The van der Waals surface area contributed by atoms with E-state index in [1.807, 2.05) is 49.3 Å². The lowest BCUT2D eigenvalue weighted by Crippen LogP contribution is -2.47. The van der Waals surface area contributed by atoms with Gasteiger partial charge >= 0.3 is 0 Å². The Morgan fingerprint density at radius 1 is 1.15 bits per heavy atom. The Hall–Kier alpha value is -2.37. The standard InChI is InChI=1S/C21H27N3O2/c1-23(2)19-10-8-18(9-11-19)21(25)22-14-20-16-24(12-13-26-20)15-17-6-4-3-5-7-17/h3-11,20H,12-16H2,1-2H3,(H,22,25). The summed E-state index contributed by atoms with van der Waals surface area (Å²) in [5.41, 5.74) is 3.06. The van der Waals surface area contributed by atoms with E-state index in [4.69, 9.17) is 4.74 Å². The molecule has 0 saturated carbocycles. The molecule has 1 N–H and O–H groups in total. The summed E-state index contributed by atoms with van der Waals surface area (Å²) in [4.78, 5) is 16.7. The third-order valence-electron chi connectivity index (χ3n) is 4.61. The Morgan fingerprint density at radius 2 is 1.88 bits per heavy atom. The van der Waals surface area contributed by atoms with E-state index in [0.717, 1.165) is 25.3 Å². The van der Waals surface area contributed by atoms with Gasteiger partial charge in [0.1, 0.15) is 0 Å². The highest BCUT2D eigenvalue weighted by molar-refractivity contribution is 5.94. The van der Waals surface area contributed by atoms with Crippen LogP contribution in [0.4, 0.5) is 5.69 Å². The second-order valence-electron chi connectivity index (χ2n) is 6.86. The molecule has 0 bridgehead atoms. The van der Waals surface area contributed by atoms with Gasteiger partial charge in [-0.2, -0.15) is 0 Å². The van der Waals surface area contributed by atoms with Gasteiger partial charge in [0, 0.05) is 51.5 Å². The number of morpholine rings is 1. The Balaban J connectivity index is 1.48. The SMILES string of the molecule is CN(C)c1ccc(C(=O)NCC2CN(Cc3ccccc3)CCO2)cc1. The first-order valence-electron chi connectivity index (χ1n) is 9.05. The number of ether oxygens (including phenoxy) is 1. The molecule has 1 aliphatic heterocycles. The molecule has 1 fully saturated rings. The minimum absolute atomic E-state index is 0.0254. The van der Waals surface area contributed by atoms with Crippen LogP contribution in [0.5, 0.6) is 0 Å². The molecule has 1 unspecified atom stereocenters. The van der Waals surface area contributed by atoms with Crippen molar-refractivity contribution >= 4 is 11.6 Å². The van der Waals surface area contributed by atoms with E-state index in [2.05, 4.69) is 34.5 Å². The van der Waals surface area contributed by atoms with Crippen LogP contribution in [0, 0.1) is 0 Å². The van der Waals surface area contributed by atoms with Crippen molar-refractivity contribution in [1.29, 1.82) is 0 Å². The molecule has 26 heavy (non-hydrogen) atoms. The van der Waals surface area contributed by atoms with Gasteiger partial charge < -0.3 is 15.0 Å². The molecule has 0 aromatic heterocycles. The van der Waals surface area contributed by atoms with Crippen molar-refractivity contribution in [3.63, 3.8) is 0 Å². The minimum atomic E-state index is -0.0564. The lowest BCUT2D eigenvalue weighted by molar-refractivity contribution is -0.0292. The molecule has 0 aliphatic carbocycles.